The molecule has 94 valence electrons. The molecule has 0 saturated carbocycles. The van der Waals surface area contributed by atoms with Gasteiger partial charge in [-0.05, 0) is 51.0 Å². The highest BCUT2D eigenvalue weighted by atomic mass is 16.3. The van der Waals surface area contributed by atoms with Crippen LogP contribution in [0.15, 0.2) is 24.3 Å². The summed E-state index contributed by atoms with van der Waals surface area (Å²) in [6.45, 7) is 6.86. The first-order chi connectivity index (χ1) is 8.15. The predicted molar refractivity (Wildman–Crippen MR) is 71.5 cm³/mol. The third-order valence-electron chi connectivity index (χ3n) is 3.50. The fourth-order valence-corrected chi connectivity index (χ4v) is 2.35. The average Bonchev–Trinajstić information content (AvgIpc) is 2.33. The molecule has 3 heteroatoms. The van der Waals surface area contributed by atoms with Crippen LogP contribution in [0.2, 0.25) is 0 Å². The van der Waals surface area contributed by atoms with Gasteiger partial charge in [0.05, 0.1) is 0 Å². The average molecular weight is 234 g/mol. The number of piperidine rings is 1. The van der Waals surface area contributed by atoms with Gasteiger partial charge in [-0.25, -0.2) is 0 Å². The molecule has 1 aliphatic heterocycles. The summed E-state index contributed by atoms with van der Waals surface area (Å²) in [6.07, 6.45) is 2.39. The first-order valence-corrected chi connectivity index (χ1v) is 6.45. The molecule has 2 rings (SSSR count). The second-order valence-electron chi connectivity index (χ2n) is 5.10. The monoisotopic (exact) mass is 234 g/mol. The number of phenols is 1. The zero-order valence-electron chi connectivity index (χ0n) is 10.7. The standard InChI is InChI=1S/C14H22N2O/c1-11(2)16-9-7-13(8-10-16)15-12-3-5-14(17)6-4-12/h3-6,11,13,15,17H,7-10H2,1-2H3. The number of benzene rings is 1. The molecule has 0 aliphatic carbocycles. The molecular weight excluding hydrogens is 212 g/mol. The van der Waals surface area contributed by atoms with E-state index in [2.05, 4.69) is 24.1 Å². The smallest absolute Gasteiger partial charge is 0.115 e. The van der Waals surface area contributed by atoms with Crippen LogP contribution < -0.4 is 5.32 Å². The minimum Gasteiger partial charge on any atom is -0.508 e. The largest absolute Gasteiger partial charge is 0.508 e. The fourth-order valence-electron chi connectivity index (χ4n) is 2.35. The first kappa shape index (κ1) is 12.2. The third kappa shape index (κ3) is 3.37. The van der Waals surface area contributed by atoms with Crippen molar-refractivity contribution in [1.29, 1.82) is 0 Å². The number of hydrogen-bond donors (Lipinski definition) is 2. The summed E-state index contributed by atoms with van der Waals surface area (Å²) in [4.78, 5) is 2.52. The minimum atomic E-state index is 0.324. The molecule has 3 nitrogen and oxygen atoms in total. The summed E-state index contributed by atoms with van der Waals surface area (Å²) in [5.74, 6) is 0.324. The molecule has 1 heterocycles. The maximum Gasteiger partial charge on any atom is 0.115 e. The number of aromatic hydroxyl groups is 1. The Hall–Kier alpha value is -1.22. The van der Waals surface area contributed by atoms with E-state index < -0.39 is 0 Å². The van der Waals surface area contributed by atoms with Gasteiger partial charge < -0.3 is 15.3 Å². The Morgan fingerprint density at radius 3 is 2.29 bits per heavy atom. The van der Waals surface area contributed by atoms with E-state index in [1.165, 1.54) is 25.9 Å². The van der Waals surface area contributed by atoms with Gasteiger partial charge in [0.25, 0.3) is 0 Å². The highest BCUT2D eigenvalue weighted by Gasteiger charge is 2.20. The maximum absolute atomic E-state index is 9.22. The normalized spacial score (nSPS) is 18.5. The second kappa shape index (κ2) is 5.41. The van der Waals surface area contributed by atoms with Crippen LogP contribution in [0.4, 0.5) is 5.69 Å². The second-order valence-corrected chi connectivity index (χ2v) is 5.10. The topological polar surface area (TPSA) is 35.5 Å². The van der Waals surface area contributed by atoms with E-state index in [1.807, 2.05) is 12.1 Å². The van der Waals surface area contributed by atoms with Crippen LogP contribution in [0.1, 0.15) is 26.7 Å². The number of phenolic OH excluding ortho intramolecular Hbond substituents is 1. The zero-order valence-corrected chi connectivity index (χ0v) is 10.7. The SMILES string of the molecule is CC(C)N1CCC(Nc2ccc(O)cc2)CC1. The summed E-state index contributed by atoms with van der Waals surface area (Å²) >= 11 is 0. The highest BCUT2D eigenvalue weighted by molar-refractivity contribution is 5.46. The Balaban J connectivity index is 1.84. The van der Waals surface area contributed by atoms with Gasteiger partial charge in [-0.1, -0.05) is 0 Å². The van der Waals surface area contributed by atoms with Gasteiger partial charge in [0.15, 0.2) is 0 Å². The van der Waals surface area contributed by atoms with E-state index in [9.17, 15) is 5.11 Å². The summed E-state index contributed by atoms with van der Waals surface area (Å²) in [6, 6.07) is 8.55. The van der Waals surface area contributed by atoms with E-state index in [0.29, 0.717) is 17.8 Å². The molecule has 0 aromatic heterocycles. The number of hydrogen-bond acceptors (Lipinski definition) is 3. The van der Waals surface area contributed by atoms with Gasteiger partial charge in [0, 0.05) is 30.9 Å². The molecule has 1 aromatic rings. The van der Waals surface area contributed by atoms with Crippen molar-refractivity contribution in [2.24, 2.45) is 0 Å². The van der Waals surface area contributed by atoms with E-state index in [0.717, 1.165) is 5.69 Å². The molecular formula is C14H22N2O. The summed E-state index contributed by atoms with van der Waals surface area (Å²) in [7, 11) is 0. The van der Waals surface area contributed by atoms with Crippen LogP contribution >= 0.6 is 0 Å². The molecule has 0 unspecified atom stereocenters. The van der Waals surface area contributed by atoms with Crippen LogP contribution in [0, 0.1) is 0 Å². The molecule has 1 aromatic carbocycles. The molecule has 0 radical (unpaired) electrons. The van der Waals surface area contributed by atoms with E-state index in [1.54, 1.807) is 12.1 Å². The number of nitrogens with one attached hydrogen (secondary N) is 1. The van der Waals surface area contributed by atoms with Crippen molar-refractivity contribution in [3.8, 4) is 5.75 Å². The van der Waals surface area contributed by atoms with Crippen LogP contribution in [-0.4, -0.2) is 35.2 Å². The Morgan fingerprint density at radius 1 is 1.18 bits per heavy atom. The molecule has 1 aliphatic rings. The summed E-state index contributed by atoms with van der Waals surface area (Å²) < 4.78 is 0. The molecule has 2 N–H and O–H groups in total. The lowest BCUT2D eigenvalue weighted by Crippen LogP contribution is -2.42. The van der Waals surface area contributed by atoms with Gasteiger partial charge in [-0.2, -0.15) is 0 Å². The van der Waals surface area contributed by atoms with Crippen LogP contribution in [-0.2, 0) is 0 Å². The van der Waals surface area contributed by atoms with E-state index in [4.69, 9.17) is 0 Å². The van der Waals surface area contributed by atoms with Gasteiger partial charge >= 0.3 is 0 Å². The van der Waals surface area contributed by atoms with Crippen molar-refractivity contribution in [2.45, 2.75) is 38.8 Å². The van der Waals surface area contributed by atoms with Crippen molar-refractivity contribution in [3.05, 3.63) is 24.3 Å². The lowest BCUT2D eigenvalue weighted by Gasteiger charge is -2.35. The van der Waals surface area contributed by atoms with Crippen molar-refractivity contribution in [1.82, 2.24) is 4.90 Å². The van der Waals surface area contributed by atoms with Crippen molar-refractivity contribution in [3.63, 3.8) is 0 Å². The van der Waals surface area contributed by atoms with Gasteiger partial charge in [-0.15, -0.1) is 0 Å². The quantitative estimate of drug-likeness (QED) is 0.789. The number of likely N-dealkylation sites (tertiary alicyclic amines) is 1. The molecule has 0 spiro atoms. The fraction of sp³-hybridized carbons (Fsp3) is 0.571. The molecule has 0 bridgehead atoms. The Kier molecular flexibility index (Phi) is 3.89. The highest BCUT2D eigenvalue weighted by Crippen LogP contribution is 2.19. The van der Waals surface area contributed by atoms with Crippen LogP contribution in [0.5, 0.6) is 5.75 Å². The molecule has 0 amide bonds. The maximum atomic E-state index is 9.22. The van der Waals surface area contributed by atoms with Gasteiger partial charge in [0.1, 0.15) is 5.75 Å². The minimum absolute atomic E-state index is 0.324. The van der Waals surface area contributed by atoms with E-state index >= 15 is 0 Å². The van der Waals surface area contributed by atoms with Crippen molar-refractivity contribution in [2.75, 3.05) is 18.4 Å². The lowest BCUT2D eigenvalue weighted by molar-refractivity contribution is 0.177. The third-order valence-corrected chi connectivity index (χ3v) is 3.50. The Labute approximate surface area is 103 Å². The molecule has 1 fully saturated rings. The molecule has 17 heavy (non-hydrogen) atoms. The number of rotatable bonds is 3. The summed E-state index contributed by atoms with van der Waals surface area (Å²) in [5, 5.41) is 12.8. The van der Waals surface area contributed by atoms with Crippen molar-refractivity contribution < 1.29 is 5.11 Å². The molecule has 1 saturated heterocycles. The van der Waals surface area contributed by atoms with Gasteiger partial charge in [0.2, 0.25) is 0 Å². The predicted octanol–water partition coefficient (Wildman–Crippen LogP) is 2.68. The van der Waals surface area contributed by atoms with E-state index in [-0.39, 0.29) is 0 Å². The van der Waals surface area contributed by atoms with Crippen molar-refractivity contribution >= 4 is 5.69 Å². The van der Waals surface area contributed by atoms with Crippen LogP contribution in [0.25, 0.3) is 0 Å². The summed E-state index contributed by atoms with van der Waals surface area (Å²) in [5.41, 5.74) is 1.10. The number of nitrogens with zero attached hydrogens (tertiary/aromatic N) is 1. The zero-order chi connectivity index (χ0) is 12.3. The number of anilines is 1. The van der Waals surface area contributed by atoms with Gasteiger partial charge in [-0.3, -0.25) is 0 Å². The lowest BCUT2D eigenvalue weighted by atomic mass is 10.0. The Bertz CT molecular complexity index is 340. The first-order valence-electron chi connectivity index (χ1n) is 6.45. The molecule has 0 atom stereocenters. The van der Waals surface area contributed by atoms with Crippen LogP contribution in [0.3, 0.4) is 0 Å². The Morgan fingerprint density at radius 2 is 1.76 bits per heavy atom.